The number of benzene rings is 2. The van der Waals surface area contributed by atoms with Gasteiger partial charge in [-0.3, -0.25) is 9.69 Å². The molecule has 1 saturated heterocycles. The normalized spacial score (nSPS) is 16.7. The van der Waals surface area contributed by atoms with Crippen molar-refractivity contribution in [3.05, 3.63) is 71.8 Å². The molecule has 1 aliphatic rings. The first-order valence-corrected chi connectivity index (χ1v) is 10.0. The monoisotopic (exact) mass is 398 g/mol. The molecule has 2 atom stereocenters. The van der Waals surface area contributed by atoms with Gasteiger partial charge in [-0.1, -0.05) is 60.7 Å². The maximum atomic E-state index is 13.0. The molecule has 6 nitrogen and oxygen atoms in total. The summed E-state index contributed by atoms with van der Waals surface area (Å²) >= 11 is 0. The highest BCUT2D eigenvalue weighted by molar-refractivity contribution is 5.78. The Morgan fingerprint density at radius 2 is 1.66 bits per heavy atom. The second-order valence-corrected chi connectivity index (χ2v) is 7.43. The fourth-order valence-corrected chi connectivity index (χ4v) is 3.42. The van der Waals surface area contributed by atoms with Gasteiger partial charge in [0.1, 0.15) is 0 Å². The average molecular weight is 399 g/mol. The lowest BCUT2D eigenvalue weighted by Gasteiger charge is -2.32. The SMILES string of the molecule is C[C@@H]([C@@H](O)c1ccccc1)N(C)C(=O)CN(Cc1ccccc1)CC1OCCO1. The van der Waals surface area contributed by atoms with E-state index in [1.165, 1.54) is 0 Å². The fraction of sp³-hybridized carbons (Fsp3) is 0.435. The molecule has 156 valence electrons. The van der Waals surface area contributed by atoms with Crippen molar-refractivity contribution >= 4 is 5.91 Å². The van der Waals surface area contributed by atoms with Crippen LogP contribution in [0.4, 0.5) is 0 Å². The number of rotatable bonds is 9. The van der Waals surface area contributed by atoms with Crippen molar-refractivity contribution < 1.29 is 19.4 Å². The summed E-state index contributed by atoms with van der Waals surface area (Å²) in [5.74, 6) is -0.0543. The Morgan fingerprint density at radius 1 is 1.07 bits per heavy atom. The summed E-state index contributed by atoms with van der Waals surface area (Å²) in [6, 6.07) is 19.1. The van der Waals surface area contributed by atoms with Gasteiger partial charge in [0, 0.05) is 13.6 Å². The largest absolute Gasteiger partial charge is 0.386 e. The third-order valence-electron chi connectivity index (χ3n) is 5.31. The number of carbonyl (C=O) groups is 1. The standard InChI is InChI=1S/C23H30N2O4/c1-18(23(27)20-11-7-4-8-12-20)24(2)21(26)16-25(17-22-28-13-14-29-22)15-19-9-5-3-6-10-19/h3-12,18,22-23,27H,13-17H2,1-2H3/t18-,23+/m0/s1. The Hall–Kier alpha value is -2.25. The third-order valence-corrected chi connectivity index (χ3v) is 5.31. The number of nitrogens with zero attached hydrogens (tertiary/aromatic N) is 2. The summed E-state index contributed by atoms with van der Waals surface area (Å²) in [5.41, 5.74) is 1.92. The van der Waals surface area contributed by atoms with Crippen LogP contribution in [0.2, 0.25) is 0 Å². The molecule has 1 aliphatic heterocycles. The van der Waals surface area contributed by atoms with Crippen LogP contribution >= 0.6 is 0 Å². The van der Waals surface area contributed by atoms with E-state index < -0.39 is 6.10 Å². The Morgan fingerprint density at radius 3 is 2.28 bits per heavy atom. The lowest BCUT2D eigenvalue weighted by molar-refractivity contribution is -0.136. The lowest BCUT2D eigenvalue weighted by Crippen LogP contribution is -2.46. The smallest absolute Gasteiger partial charge is 0.236 e. The van der Waals surface area contributed by atoms with Crippen LogP contribution in [-0.4, -0.2) is 66.5 Å². The second-order valence-electron chi connectivity index (χ2n) is 7.43. The Labute approximate surface area is 172 Å². The zero-order valence-corrected chi connectivity index (χ0v) is 17.1. The molecule has 1 fully saturated rings. The molecule has 0 aliphatic carbocycles. The zero-order valence-electron chi connectivity index (χ0n) is 17.1. The molecule has 1 N–H and O–H groups in total. The molecule has 0 spiro atoms. The summed E-state index contributed by atoms with van der Waals surface area (Å²) in [5, 5.41) is 10.7. The number of hydrogen-bond donors (Lipinski definition) is 1. The topological polar surface area (TPSA) is 62.2 Å². The number of aliphatic hydroxyl groups excluding tert-OH is 1. The molecule has 6 heteroatoms. The maximum absolute atomic E-state index is 13.0. The maximum Gasteiger partial charge on any atom is 0.236 e. The van der Waals surface area contributed by atoms with E-state index in [1.807, 2.05) is 72.5 Å². The summed E-state index contributed by atoms with van der Waals surface area (Å²) in [6.45, 7) is 4.39. The van der Waals surface area contributed by atoms with E-state index in [1.54, 1.807) is 11.9 Å². The third kappa shape index (κ3) is 6.11. The van der Waals surface area contributed by atoms with Crippen LogP contribution in [0.25, 0.3) is 0 Å². The van der Waals surface area contributed by atoms with Crippen molar-refractivity contribution in [3.8, 4) is 0 Å². The van der Waals surface area contributed by atoms with Crippen LogP contribution in [0.3, 0.4) is 0 Å². The molecule has 3 rings (SSSR count). The van der Waals surface area contributed by atoms with E-state index in [0.717, 1.165) is 11.1 Å². The minimum absolute atomic E-state index is 0.0543. The second kappa shape index (κ2) is 10.5. The van der Waals surface area contributed by atoms with Gasteiger partial charge in [-0.15, -0.1) is 0 Å². The van der Waals surface area contributed by atoms with E-state index in [2.05, 4.69) is 0 Å². The molecular formula is C23H30N2O4. The van der Waals surface area contributed by atoms with Crippen LogP contribution in [-0.2, 0) is 20.8 Å². The first-order chi connectivity index (χ1) is 14.0. The van der Waals surface area contributed by atoms with Gasteiger partial charge in [0.2, 0.25) is 5.91 Å². The van der Waals surface area contributed by atoms with Crippen molar-refractivity contribution in [1.82, 2.24) is 9.80 Å². The molecule has 2 aromatic carbocycles. The molecule has 0 bridgehead atoms. The number of aliphatic hydroxyl groups is 1. The summed E-state index contributed by atoms with van der Waals surface area (Å²) in [4.78, 5) is 16.6. The molecule has 1 amide bonds. The number of likely N-dealkylation sites (N-methyl/N-ethyl adjacent to an activating group) is 1. The Kier molecular flexibility index (Phi) is 7.77. The van der Waals surface area contributed by atoms with Crippen molar-refractivity contribution in [2.75, 3.05) is 33.4 Å². The number of ether oxygens (including phenoxy) is 2. The van der Waals surface area contributed by atoms with Crippen molar-refractivity contribution in [1.29, 1.82) is 0 Å². The average Bonchev–Trinajstić information content (AvgIpc) is 3.26. The Bertz CT molecular complexity index is 750. The summed E-state index contributed by atoms with van der Waals surface area (Å²) in [7, 11) is 1.74. The molecule has 2 aromatic rings. The van der Waals surface area contributed by atoms with Gasteiger partial charge < -0.3 is 19.5 Å². The van der Waals surface area contributed by atoms with E-state index in [0.29, 0.717) is 26.3 Å². The molecule has 1 heterocycles. The summed E-state index contributed by atoms with van der Waals surface area (Å²) < 4.78 is 11.2. The van der Waals surface area contributed by atoms with Gasteiger partial charge in [0.25, 0.3) is 0 Å². The zero-order chi connectivity index (χ0) is 20.6. The molecule has 29 heavy (non-hydrogen) atoms. The fourth-order valence-electron chi connectivity index (χ4n) is 3.42. The minimum atomic E-state index is -0.741. The molecular weight excluding hydrogens is 368 g/mol. The van der Waals surface area contributed by atoms with Crippen molar-refractivity contribution in [3.63, 3.8) is 0 Å². The predicted octanol–water partition coefficient (Wildman–Crippen LogP) is 2.44. The quantitative estimate of drug-likeness (QED) is 0.703. The van der Waals surface area contributed by atoms with Gasteiger partial charge in [-0.2, -0.15) is 0 Å². The van der Waals surface area contributed by atoms with E-state index in [4.69, 9.17) is 9.47 Å². The van der Waals surface area contributed by atoms with E-state index in [-0.39, 0.29) is 24.8 Å². The molecule has 0 radical (unpaired) electrons. The van der Waals surface area contributed by atoms with Gasteiger partial charge >= 0.3 is 0 Å². The minimum Gasteiger partial charge on any atom is -0.386 e. The van der Waals surface area contributed by atoms with Crippen LogP contribution < -0.4 is 0 Å². The first-order valence-electron chi connectivity index (χ1n) is 10.0. The first kappa shape index (κ1) is 21.5. The van der Waals surface area contributed by atoms with Crippen LogP contribution in [0.15, 0.2) is 60.7 Å². The van der Waals surface area contributed by atoms with Crippen LogP contribution in [0.5, 0.6) is 0 Å². The van der Waals surface area contributed by atoms with E-state index in [9.17, 15) is 9.90 Å². The highest BCUT2D eigenvalue weighted by atomic mass is 16.7. The highest BCUT2D eigenvalue weighted by Crippen LogP contribution is 2.20. The Balaban J connectivity index is 1.64. The molecule has 0 aromatic heterocycles. The lowest BCUT2D eigenvalue weighted by atomic mass is 10.0. The van der Waals surface area contributed by atoms with Gasteiger partial charge in [-0.25, -0.2) is 0 Å². The highest BCUT2D eigenvalue weighted by Gasteiger charge is 2.27. The van der Waals surface area contributed by atoms with Crippen molar-refractivity contribution in [2.45, 2.75) is 31.9 Å². The number of carbonyl (C=O) groups excluding carboxylic acids is 1. The van der Waals surface area contributed by atoms with E-state index >= 15 is 0 Å². The molecule has 0 saturated carbocycles. The number of amides is 1. The van der Waals surface area contributed by atoms with Gasteiger partial charge in [0.15, 0.2) is 6.29 Å². The predicted molar refractivity (Wildman–Crippen MR) is 111 cm³/mol. The van der Waals surface area contributed by atoms with Crippen LogP contribution in [0, 0.1) is 0 Å². The van der Waals surface area contributed by atoms with Gasteiger partial charge in [-0.05, 0) is 18.1 Å². The van der Waals surface area contributed by atoms with Crippen molar-refractivity contribution in [2.24, 2.45) is 0 Å². The number of hydrogen-bond acceptors (Lipinski definition) is 5. The molecule has 0 unspecified atom stereocenters. The van der Waals surface area contributed by atoms with Gasteiger partial charge in [0.05, 0.1) is 38.4 Å². The van der Waals surface area contributed by atoms with Crippen LogP contribution in [0.1, 0.15) is 24.2 Å². The summed E-state index contributed by atoms with van der Waals surface area (Å²) in [6.07, 6.45) is -1.06.